The molecular weight excluding hydrogens is 417 g/mol. The van der Waals surface area contributed by atoms with Gasteiger partial charge in [0.2, 0.25) is 0 Å². The Balaban J connectivity index is 1.50. The van der Waals surface area contributed by atoms with E-state index in [4.69, 9.17) is 0 Å². The van der Waals surface area contributed by atoms with Gasteiger partial charge in [-0.1, -0.05) is 12.1 Å². The number of hydrogen-bond acceptors (Lipinski definition) is 4. The minimum Gasteiger partial charge on any atom is -0.374 e. The highest BCUT2D eigenvalue weighted by Crippen LogP contribution is 2.32. The zero-order chi connectivity index (χ0) is 22.9. The first kappa shape index (κ1) is 22.6. The third-order valence-electron chi connectivity index (χ3n) is 6.53. The number of nitrogens with one attached hydrogen (secondary N) is 1. The highest BCUT2D eigenvalue weighted by Gasteiger charge is 2.30. The van der Waals surface area contributed by atoms with Crippen molar-refractivity contribution < 1.29 is 18.0 Å². The molecule has 2 aliphatic heterocycles. The van der Waals surface area contributed by atoms with E-state index in [1.165, 1.54) is 23.4 Å². The molecule has 32 heavy (non-hydrogen) atoms. The number of carbonyl (C=O) groups is 1. The van der Waals surface area contributed by atoms with E-state index in [0.717, 1.165) is 56.8 Å². The van der Waals surface area contributed by atoms with E-state index >= 15 is 0 Å². The Bertz CT molecular complexity index is 953. The summed E-state index contributed by atoms with van der Waals surface area (Å²) in [4.78, 5) is 19.6. The van der Waals surface area contributed by atoms with Gasteiger partial charge < -0.3 is 15.1 Å². The van der Waals surface area contributed by atoms with Crippen LogP contribution in [0.15, 0.2) is 42.5 Å². The fraction of sp³-hybridized carbons (Fsp3) is 0.458. The van der Waals surface area contributed by atoms with Crippen LogP contribution in [0, 0.1) is 0 Å². The lowest BCUT2D eigenvalue weighted by molar-refractivity contribution is -0.137. The molecule has 4 rings (SSSR count). The van der Waals surface area contributed by atoms with Gasteiger partial charge in [-0.05, 0) is 54.9 Å². The number of carbonyl (C=O) groups excluding carboxylic acids is 1. The summed E-state index contributed by atoms with van der Waals surface area (Å²) >= 11 is 0. The minimum absolute atomic E-state index is 0.0123. The van der Waals surface area contributed by atoms with Gasteiger partial charge in [-0.3, -0.25) is 9.69 Å². The van der Waals surface area contributed by atoms with E-state index in [1.54, 1.807) is 0 Å². The minimum atomic E-state index is -4.41. The van der Waals surface area contributed by atoms with E-state index in [0.29, 0.717) is 6.54 Å². The van der Waals surface area contributed by atoms with Crippen molar-refractivity contribution >= 4 is 11.6 Å². The van der Waals surface area contributed by atoms with Crippen LogP contribution in [0.25, 0.3) is 0 Å². The predicted octanol–water partition coefficient (Wildman–Crippen LogP) is 3.42. The van der Waals surface area contributed by atoms with Gasteiger partial charge in [-0.2, -0.15) is 13.2 Å². The second-order valence-corrected chi connectivity index (χ2v) is 8.70. The Morgan fingerprint density at radius 3 is 2.34 bits per heavy atom. The number of benzene rings is 2. The number of anilines is 1. The molecule has 2 aromatic rings. The number of fused-ring (bicyclic) bond motifs is 1. The first-order valence-electron chi connectivity index (χ1n) is 10.9. The highest BCUT2D eigenvalue weighted by atomic mass is 19.4. The smallest absolute Gasteiger partial charge is 0.374 e. The molecule has 2 aromatic carbocycles. The fourth-order valence-corrected chi connectivity index (χ4v) is 4.49. The van der Waals surface area contributed by atoms with Crippen molar-refractivity contribution in [1.29, 1.82) is 0 Å². The first-order valence-corrected chi connectivity index (χ1v) is 10.9. The highest BCUT2D eigenvalue weighted by molar-refractivity contribution is 5.94. The number of hydrogen-bond donors (Lipinski definition) is 1. The van der Waals surface area contributed by atoms with Gasteiger partial charge in [-0.25, -0.2) is 0 Å². The summed E-state index contributed by atoms with van der Waals surface area (Å²) in [6.07, 6.45) is -3.41. The van der Waals surface area contributed by atoms with Crippen molar-refractivity contribution in [3.63, 3.8) is 0 Å². The molecule has 1 atom stereocenters. The third-order valence-corrected chi connectivity index (χ3v) is 6.53. The van der Waals surface area contributed by atoms with Crippen LogP contribution < -0.4 is 10.2 Å². The van der Waals surface area contributed by atoms with Crippen LogP contribution in [0.3, 0.4) is 0 Å². The maximum Gasteiger partial charge on any atom is 0.416 e. The number of likely N-dealkylation sites (N-methyl/N-ethyl adjacent to an activating group) is 2. The molecule has 0 bridgehead atoms. The Hall–Kier alpha value is -2.58. The number of piperazine rings is 1. The van der Waals surface area contributed by atoms with Gasteiger partial charge >= 0.3 is 6.18 Å². The second-order valence-electron chi connectivity index (χ2n) is 8.70. The molecule has 8 heteroatoms. The van der Waals surface area contributed by atoms with Crippen molar-refractivity contribution in [2.45, 2.75) is 18.6 Å². The molecular formula is C24H29F3N4O. The number of amides is 1. The topological polar surface area (TPSA) is 38.8 Å². The quantitative estimate of drug-likeness (QED) is 0.764. The van der Waals surface area contributed by atoms with E-state index in [2.05, 4.69) is 52.3 Å². The van der Waals surface area contributed by atoms with Crippen molar-refractivity contribution in [2.24, 2.45) is 0 Å². The average Bonchev–Trinajstić information content (AvgIpc) is 3.14. The summed E-state index contributed by atoms with van der Waals surface area (Å²) < 4.78 is 38.4. The lowest BCUT2D eigenvalue weighted by Crippen LogP contribution is -2.48. The van der Waals surface area contributed by atoms with E-state index in [1.807, 2.05) is 0 Å². The molecule has 2 heterocycles. The van der Waals surface area contributed by atoms with E-state index in [-0.39, 0.29) is 17.5 Å². The molecule has 0 radical (unpaired) electrons. The lowest BCUT2D eigenvalue weighted by Gasteiger charge is -2.38. The van der Waals surface area contributed by atoms with Crippen molar-refractivity contribution in [3.8, 4) is 0 Å². The molecule has 1 saturated heterocycles. The summed E-state index contributed by atoms with van der Waals surface area (Å²) in [6, 6.07) is 10.9. The van der Waals surface area contributed by atoms with E-state index in [9.17, 15) is 18.0 Å². The molecule has 0 saturated carbocycles. The summed E-state index contributed by atoms with van der Waals surface area (Å²) in [6.45, 7) is 5.11. The van der Waals surface area contributed by atoms with Gasteiger partial charge in [-0.15, -0.1) is 0 Å². The van der Waals surface area contributed by atoms with Gasteiger partial charge in [0.05, 0.1) is 11.6 Å². The van der Waals surface area contributed by atoms with Crippen molar-refractivity contribution in [1.82, 2.24) is 15.1 Å². The standard InChI is InChI=1S/C24H29F3N4O/c1-29-11-13-31(14-12-29)22(18-5-8-21-19(15-18)9-10-30(21)2)16-28-23(32)17-3-6-20(7-4-17)24(25,26)27/h3-8,15,22H,9-14,16H2,1-2H3,(H,28,32)/t22-/m1/s1. The summed E-state index contributed by atoms with van der Waals surface area (Å²) in [5, 5.41) is 2.95. The molecule has 1 fully saturated rings. The number of rotatable bonds is 5. The Morgan fingerprint density at radius 2 is 1.69 bits per heavy atom. The fourth-order valence-electron chi connectivity index (χ4n) is 4.49. The number of halogens is 3. The van der Waals surface area contributed by atoms with Crippen LogP contribution in [-0.2, 0) is 12.6 Å². The van der Waals surface area contributed by atoms with Crippen LogP contribution in [0.2, 0.25) is 0 Å². The largest absolute Gasteiger partial charge is 0.416 e. The van der Waals surface area contributed by atoms with Crippen LogP contribution in [-0.4, -0.2) is 69.1 Å². The van der Waals surface area contributed by atoms with Crippen LogP contribution in [0.4, 0.5) is 18.9 Å². The molecule has 2 aliphatic rings. The first-order chi connectivity index (χ1) is 15.2. The third kappa shape index (κ3) is 4.91. The van der Waals surface area contributed by atoms with Crippen molar-refractivity contribution in [2.75, 3.05) is 58.3 Å². The normalized spacial score (nSPS) is 18.5. The van der Waals surface area contributed by atoms with Gasteiger partial charge in [0.15, 0.2) is 0 Å². The van der Waals surface area contributed by atoms with Gasteiger partial charge in [0.1, 0.15) is 0 Å². The summed E-state index contributed by atoms with van der Waals surface area (Å²) in [5.74, 6) is -0.362. The molecule has 0 aromatic heterocycles. The molecule has 0 spiro atoms. The average molecular weight is 447 g/mol. The lowest BCUT2D eigenvalue weighted by atomic mass is 10.00. The zero-order valence-electron chi connectivity index (χ0n) is 18.5. The predicted molar refractivity (Wildman–Crippen MR) is 119 cm³/mol. The zero-order valence-corrected chi connectivity index (χ0v) is 18.5. The number of nitrogens with zero attached hydrogens (tertiary/aromatic N) is 3. The van der Waals surface area contributed by atoms with Crippen LogP contribution >= 0.6 is 0 Å². The molecule has 0 unspecified atom stereocenters. The van der Waals surface area contributed by atoms with E-state index < -0.39 is 11.7 Å². The molecule has 0 aliphatic carbocycles. The maximum atomic E-state index is 12.8. The molecule has 1 N–H and O–H groups in total. The van der Waals surface area contributed by atoms with Gasteiger partial charge in [0.25, 0.3) is 5.91 Å². The Morgan fingerprint density at radius 1 is 1.00 bits per heavy atom. The van der Waals surface area contributed by atoms with Gasteiger partial charge in [0, 0.05) is 57.6 Å². The molecule has 172 valence electrons. The second kappa shape index (κ2) is 9.11. The van der Waals surface area contributed by atoms with Crippen LogP contribution in [0.1, 0.15) is 33.1 Å². The summed E-state index contributed by atoms with van der Waals surface area (Å²) in [7, 11) is 4.19. The van der Waals surface area contributed by atoms with Crippen LogP contribution in [0.5, 0.6) is 0 Å². The Labute approximate surface area is 186 Å². The molecule has 5 nitrogen and oxygen atoms in total. The maximum absolute atomic E-state index is 12.8. The SMILES string of the molecule is CN1CCN([C@H](CNC(=O)c2ccc(C(F)(F)F)cc2)c2ccc3c(c2)CCN3C)CC1. The Kier molecular flexibility index (Phi) is 6.44. The number of alkyl halides is 3. The summed E-state index contributed by atoms with van der Waals surface area (Å²) in [5.41, 5.74) is 3.20. The monoisotopic (exact) mass is 446 g/mol. The molecule has 1 amide bonds. The van der Waals surface area contributed by atoms with Crippen molar-refractivity contribution in [3.05, 3.63) is 64.7 Å².